The van der Waals surface area contributed by atoms with Gasteiger partial charge in [0.25, 0.3) is 0 Å². The number of pyridine rings is 1. The van der Waals surface area contributed by atoms with E-state index in [1.807, 2.05) is 20.0 Å². The summed E-state index contributed by atoms with van der Waals surface area (Å²) in [6.45, 7) is 14.0. The molecule has 1 aromatic carbocycles. The Balaban J connectivity index is 1.07. The molecule has 1 atom stereocenters. The lowest BCUT2D eigenvalue weighted by Crippen LogP contribution is -2.36. The normalized spacial score (nSPS) is 14.8. The summed E-state index contributed by atoms with van der Waals surface area (Å²) in [4.78, 5) is 22.9. The molecule has 0 amide bonds. The zero-order chi connectivity index (χ0) is 37.6. The van der Waals surface area contributed by atoms with Gasteiger partial charge in [0.1, 0.15) is 22.9 Å². The highest BCUT2D eigenvalue weighted by Gasteiger charge is 2.29. The topological polar surface area (TPSA) is 162 Å². The minimum atomic E-state index is -0.871. The molecule has 0 saturated carbocycles. The van der Waals surface area contributed by atoms with Gasteiger partial charge < -0.3 is 52.3 Å². The summed E-state index contributed by atoms with van der Waals surface area (Å²) < 4.78 is 46.9. The van der Waals surface area contributed by atoms with Gasteiger partial charge in [-0.25, -0.2) is 4.98 Å². The Morgan fingerprint density at radius 2 is 1.53 bits per heavy atom. The number of aromatic nitrogens is 4. The quantitative estimate of drug-likeness (QED) is 0.0974. The SMILES string of the molecule is COCC(C)n1c(C2CCN(CCOCCOCCOCCOCCOCCC(=O)O)CC2)nc2cnc3cc(-c4c(C)noc4C)c(OC)cc3c21. The lowest BCUT2D eigenvalue weighted by molar-refractivity contribution is -0.138. The minimum Gasteiger partial charge on any atom is -0.496 e. The van der Waals surface area contributed by atoms with Crippen molar-refractivity contribution in [1.82, 2.24) is 24.6 Å². The highest BCUT2D eigenvalue weighted by molar-refractivity contribution is 6.05. The average Bonchev–Trinajstić information content (AvgIpc) is 3.71. The first kappa shape index (κ1) is 40.5. The van der Waals surface area contributed by atoms with E-state index in [1.54, 1.807) is 14.2 Å². The van der Waals surface area contributed by atoms with Crippen LogP contribution in [0, 0.1) is 13.8 Å². The van der Waals surface area contributed by atoms with Crippen molar-refractivity contribution in [2.45, 2.75) is 52.0 Å². The second-order valence-corrected chi connectivity index (χ2v) is 13.2. The number of methoxy groups -OCH3 is 2. The Morgan fingerprint density at radius 3 is 2.09 bits per heavy atom. The molecular weight excluding hydrogens is 686 g/mol. The maximum Gasteiger partial charge on any atom is 0.305 e. The molecule has 4 aromatic rings. The van der Waals surface area contributed by atoms with Crippen LogP contribution in [0.1, 0.15) is 55.4 Å². The first-order chi connectivity index (χ1) is 25.8. The van der Waals surface area contributed by atoms with E-state index < -0.39 is 5.97 Å². The summed E-state index contributed by atoms with van der Waals surface area (Å²) in [5.74, 6) is 1.99. The number of rotatable bonds is 24. The Bertz CT molecular complexity index is 1720. The lowest BCUT2D eigenvalue weighted by Gasteiger charge is -2.32. The van der Waals surface area contributed by atoms with E-state index in [1.165, 1.54) is 0 Å². The van der Waals surface area contributed by atoms with Gasteiger partial charge in [-0.15, -0.1) is 0 Å². The van der Waals surface area contributed by atoms with E-state index in [-0.39, 0.29) is 19.1 Å². The molecule has 5 rings (SSSR count). The highest BCUT2D eigenvalue weighted by Crippen LogP contribution is 2.41. The van der Waals surface area contributed by atoms with Gasteiger partial charge in [-0.2, -0.15) is 0 Å². The first-order valence-corrected chi connectivity index (χ1v) is 18.5. The number of carboxylic acid groups (broad SMARTS) is 1. The van der Waals surface area contributed by atoms with Crippen LogP contribution < -0.4 is 4.74 Å². The number of benzene rings is 1. The molecule has 15 nitrogen and oxygen atoms in total. The highest BCUT2D eigenvalue weighted by atomic mass is 16.6. The second-order valence-electron chi connectivity index (χ2n) is 13.2. The van der Waals surface area contributed by atoms with Crippen molar-refractivity contribution in [1.29, 1.82) is 0 Å². The monoisotopic (exact) mass is 741 g/mol. The number of ether oxygens (including phenoxy) is 7. The van der Waals surface area contributed by atoms with Gasteiger partial charge in [-0.3, -0.25) is 9.78 Å². The van der Waals surface area contributed by atoms with Crippen molar-refractivity contribution in [3.8, 4) is 16.9 Å². The Hall–Kier alpha value is -3.70. The zero-order valence-electron chi connectivity index (χ0n) is 31.8. The maximum absolute atomic E-state index is 10.4. The molecule has 0 spiro atoms. The van der Waals surface area contributed by atoms with E-state index in [0.717, 1.165) is 88.6 Å². The number of imidazole rings is 1. The maximum atomic E-state index is 10.4. The van der Waals surface area contributed by atoms with Crippen LogP contribution in [0.4, 0.5) is 0 Å². The standard InChI is InChI=1S/C38H55N5O10/c1-26(25-46-4)43-37-30-23-34(47-5)31(36-27(2)41-53-28(36)3)22-32(30)39-24-33(37)40-38(43)29-6-9-42(10-7-29)11-13-49-15-17-51-19-21-52-20-18-50-16-14-48-12-8-35(44)45/h22-24,26,29H,6-21,25H2,1-5H3,(H,44,45). The molecule has 15 heteroatoms. The Kier molecular flexibility index (Phi) is 15.8. The van der Waals surface area contributed by atoms with Crippen LogP contribution in [0.2, 0.25) is 0 Å². The Labute approximate surface area is 310 Å². The summed E-state index contributed by atoms with van der Waals surface area (Å²) in [5, 5.41) is 13.7. The second kappa shape index (κ2) is 20.7. The number of aryl methyl sites for hydroxylation is 2. The zero-order valence-corrected chi connectivity index (χ0v) is 31.8. The summed E-state index contributed by atoms with van der Waals surface area (Å²) in [6.07, 6.45) is 3.89. The van der Waals surface area contributed by atoms with Crippen LogP contribution in [0.25, 0.3) is 33.1 Å². The summed E-state index contributed by atoms with van der Waals surface area (Å²) in [5.41, 5.74) is 5.42. The molecule has 1 N–H and O–H groups in total. The molecular formula is C38H55N5O10. The Morgan fingerprint density at radius 1 is 0.906 bits per heavy atom. The van der Waals surface area contributed by atoms with Crippen LogP contribution in [0.3, 0.4) is 0 Å². The van der Waals surface area contributed by atoms with Crippen LogP contribution in [0.15, 0.2) is 22.9 Å². The number of piperidine rings is 1. The van der Waals surface area contributed by atoms with Gasteiger partial charge in [0.15, 0.2) is 0 Å². The molecule has 1 aliphatic heterocycles. The van der Waals surface area contributed by atoms with E-state index in [2.05, 4.69) is 33.7 Å². The number of nitrogens with zero attached hydrogens (tertiary/aromatic N) is 5. The van der Waals surface area contributed by atoms with Crippen LogP contribution >= 0.6 is 0 Å². The van der Waals surface area contributed by atoms with Gasteiger partial charge in [0.2, 0.25) is 0 Å². The number of carbonyl (C=O) groups is 1. The fourth-order valence-electron chi connectivity index (χ4n) is 6.85. The molecule has 1 fully saturated rings. The third-order valence-corrected chi connectivity index (χ3v) is 9.47. The molecule has 1 aliphatic rings. The fourth-order valence-corrected chi connectivity index (χ4v) is 6.85. The van der Waals surface area contributed by atoms with Gasteiger partial charge in [-0.1, -0.05) is 5.16 Å². The number of hydrogen-bond donors (Lipinski definition) is 1. The smallest absolute Gasteiger partial charge is 0.305 e. The molecule has 1 unspecified atom stereocenters. The van der Waals surface area contributed by atoms with Gasteiger partial charge in [0, 0.05) is 30.5 Å². The van der Waals surface area contributed by atoms with Gasteiger partial charge >= 0.3 is 5.97 Å². The third kappa shape index (κ3) is 10.9. The predicted molar refractivity (Wildman–Crippen MR) is 198 cm³/mol. The first-order valence-electron chi connectivity index (χ1n) is 18.5. The van der Waals surface area contributed by atoms with E-state index in [0.29, 0.717) is 72.0 Å². The number of likely N-dealkylation sites (tertiary alicyclic amines) is 1. The summed E-state index contributed by atoms with van der Waals surface area (Å²) >= 11 is 0. The van der Waals surface area contributed by atoms with Gasteiger partial charge in [0.05, 0.1) is 121 Å². The summed E-state index contributed by atoms with van der Waals surface area (Å²) in [7, 11) is 3.43. The van der Waals surface area contributed by atoms with E-state index in [4.69, 9.17) is 52.8 Å². The molecule has 3 aromatic heterocycles. The van der Waals surface area contributed by atoms with Crippen LogP contribution in [-0.2, 0) is 33.2 Å². The third-order valence-electron chi connectivity index (χ3n) is 9.47. The van der Waals surface area contributed by atoms with Crippen LogP contribution in [-0.4, -0.2) is 142 Å². The van der Waals surface area contributed by atoms with Crippen molar-refractivity contribution in [2.24, 2.45) is 0 Å². The van der Waals surface area contributed by atoms with E-state index in [9.17, 15) is 4.79 Å². The number of fused-ring (bicyclic) bond motifs is 3. The largest absolute Gasteiger partial charge is 0.496 e. The minimum absolute atomic E-state index is 0.00184. The molecule has 4 heterocycles. The predicted octanol–water partition coefficient (Wildman–Crippen LogP) is 4.81. The van der Waals surface area contributed by atoms with Crippen molar-refractivity contribution in [3.63, 3.8) is 0 Å². The number of carboxylic acids is 1. The molecule has 1 saturated heterocycles. The number of hydrogen-bond acceptors (Lipinski definition) is 13. The van der Waals surface area contributed by atoms with Gasteiger partial charge in [-0.05, 0) is 58.8 Å². The molecule has 0 radical (unpaired) electrons. The summed E-state index contributed by atoms with van der Waals surface area (Å²) in [6, 6.07) is 4.21. The van der Waals surface area contributed by atoms with E-state index >= 15 is 0 Å². The molecule has 0 aliphatic carbocycles. The van der Waals surface area contributed by atoms with Crippen LogP contribution in [0.5, 0.6) is 5.75 Å². The molecule has 0 bridgehead atoms. The number of aliphatic carboxylic acids is 1. The lowest BCUT2D eigenvalue weighted by atomic mass is 9.95. The average molecular weight is 742 g/mol. The van der Waals surface area contributed by atoms with Crippen molar-refractivity contribution < 1.29 is 47.6 Å². The molecule has 292 valence electrons. The molecule has 53 heavy (non-hydrogen) atoms. The van der Waals surface area contributed by atoms with Crippen molar-refractivity contribution >= 4 is 27.9 Å². The fraction of sp³-hybridized carbons (Fsp3) is 0.632. The van der Waals surface area contributed by atoms with Crippen molar-refractivity contribution in [2.75, 3.05) is 107 Å². The van der Waals surface area contributed by atoms with Crippen molar-refractivity contribution in [3.05, 3.63) is 35.6 Å².